The zero-order valence-corrected chi connectivity index (χ0v) is 15.8. The molecule has 3 aromatic rings. The first-order valence-corrected chi connectivity index (χ1v) is 9.05. The third-order valence-electron chi connectivity index (χ3n) is 3.76. The van der Waals surface area contributed by atoms with Crippen LogP contribution in [-0.2, 0) is 16.2 Å². The zero-order valence-electron chi connectivity index (χ0n) is 15.0. The average Bonchev–Trinajstić information content (AvgIpc) is 2.72. The highest BCUT2D eigenvalue weighted by molar-refractivity contribution is 6.31. The molecule has 28 heavy (non-hydrogen) atoms. The number of halogens is 1. The molecule has 0 aliphatic heterocycles. The van der Waals surface area contributed by atoms with E-state index < -0.39 is 0 Å². The van der Waals surface area contributed by atoms with Crippen LogP contribution in [0.2, 0.25) is 5.02 Å². The summed E-state index contributed by atoms with van der Waals surface area (Å²) in [6.07, 6.45) is 1.54. The van der Waals surface area contributed by atoms with E-state index in [2.05, 4.69) is 10.5 Å². The Kier molecular flexibility index (Phi) is 7.04. The van der Waals surface area contributed by atoms with E-state index in [4.69, 9.17) is 21.2 Å². The van der Waals surface area contributed by atoms with Crippen molar-refractivity contribution in [3.05, 3.63) is 95.0 Å². The zero-order chi connectivity index (χ0) is 19.6. The highest BCUT2D eigenvalue weighted by atomic mass is 35.5. The number of oxime groups is 1. The summed E-state index contributed by atoms with van der Waals surface area (Å²) >= 11 is 6.11. The SMILES string of the molecule is O=C(CO/N=C/c1ccc(OCc2ccccc2Cl)cc1)Nc1ccccc1. The van der Waals surface area contributed by atoms with Crippen LogP contribution in [0.3, 0.4) is 0 Å². The number of carbonyl (C=O) groups is 1. The minimum Gasteiger partial charge on any atom is -0.489 e. The fraction of sp³-hybridized carbons (Fsp3) is 0.0909. The Morgan fingerprint density at radius 1 is 0.964 bits per heavy atom. The third-order valence-corrected chi connectivity index (χ3v) is 4.13. The van der Waals surface area contributed by atoms with Crippen LogP contribution in [0.4, 0.5) is 5.69 Å². The van der Waals surface area contributed by atoms with E-state index in [0.717, 1.165) is 16.9 Å². The topological polar surface area (TPSA) is 59.9 Å². The molecule has 0 saturated carbocycles. The van der Waals surface area contributed by atoms with Crippen LogP contribution in [0.15, 0.2) is 84.0 Å². The first-order valence-electron chi connectivity index (χ1n) is 8.67. The number of hydrogen-bond donors (Lipinski definition) is 1. The van der Waals surface area contributed by atoms with Crippen molar-refractivity contribution in [2.75, 3.05) is 11.9 Å². The highest BCUT2D eigenvalue weighted by Crippen LogP contribution is 2.18. The lowest BCUT2D eigenvalue weighted by Gasteiger charge is -2.07. The third kappa shape index (κ3) is 6.14. The molecule has 5 nitrogen and oxygen atoms in total. The number of benzene rings is 3. The summed E-state index contributed by atoms with van der Waals surface area (Å²) in [5.74, 6) is 0.451. The first kappa shape index (κ1) is 19.5. The summed E-state index contributed by atoms with van der Waals surface area (Å²) in [6, 6.07) is 24.1. The maximum absolute atomic E-state index is 11.7. The summed E-state index contributed by atoms with van der Waals surface area (Å²) in [6.45, 7) is 0.233. The van der Waals surface area contributed by atoms with Crippen molar-refractivity contribution in [3.8, 4) is 5.75 Å². The van der Waals surface area contributed by atoms with Gasteiger partial charge in [-0.3, -0.25) is 4.79 Å². The summed E-state index contributed by atoms with van der Waals surface area (Å²) in [5.41, 5.74) is 2.47. The maximum atomic E-state index is 11.7. The molecule has 0 aliphatic rings. The number of ether oxygens (including phenoxy) is 1. The molecule has 3 rings (SSSR count). The molecule has 1 N–H and O–H groups in total. The van der Waals surface area contributed by atoms with Crippen LogP contribution in [0.25, 0.3) is 0 Å². The van der Waals surface area contributed by atoms with E-state index in [0.29, 0.717) is 17.3 Å². The van der Waals surface area contributed by atoms with Gasteiger partial charge in [0.05, 0.1) is 6.21 Å². The van der Waals surface area contributed by atoms with Gasteiger partial charge in [-0.15, -0.1) is 0 Å². The first-order chi connectivity index (χ1) is 13.7. The van der Waals surface area contributed by atoms with Crippen LogP contribution in [0.5, 0.6) is 5.75 Å². The molecule has 1 amide bonds. The van der Waals surface area contributed by atoms with Gasteiger partial charge in [0.2, 0.25) is 0 Å². The van der Waals surface area contributed by atoms with E-state index in [-0.39, 0.29) is 12.5 Å². The standard InChI is InChI=1S/C22H19ClN2O3/c23-21-9-5-4-6-18(21)15-27-20-12-10-17(11-13-20)14-24-28-16-22(26)25-19-7-2-1-3-8-19/h1-14H,15-16H2,(H,25,26)/b24-14+. The van der Waals surface area contributed by atoms with Gasteiger partial charge >= 0.3 is 0 Å². The molecular weight excluding hydrogens is 376 g/mol. The van der Waals surface area contributed by atoms with Crippen molar-refractivity contribution in [1.82, 2.24) is 0 Å². The molecule has 0 heterocycles. The molecule has 0 atom stereocenters. The smallest absolute Gasteiger partial charge is 0.265 e. The van der Waals surface area contributed by atoms with Gasteiger partial charge in [-0.2, -0.15) is 0 Å². The number of hydrogen-bond acceptors (Lipinski definition) is 4. The Bertz CT molecular complexity index is 928. The van der Waals surface area contributed by atoms with E-state index in [1.54, 1.807) is 12.1 Å². The predicted octanol–water partition coefficient (Wildman–Crippen LogP) is 4.91. The molecule has 0 unspecified atom stereocenters. The van der Waals surface area contributed by atoms with Gasteiger partial charge in [-0.05, 0) is 48.0 Å². The Labute approximate surface area is 168 Å². The summed E-state index contributed by atoms with van der Waals surface area (Å²) in [4.78, 5) is 16.8. The summed E-state index contributed by atoms with van der Waals surface area (Å²) < 4.78 is 5.73. The van der Waals surface area contributed by atoms with Crippen LogP contribution in [0, 0.1) is 0 Å². The molecule has 6 heteroatoms. The number of nitrogens with one attached hydrogen (secondary N) is 1. The Balaban J connectivity index is 1.42. The van der Waals surface area contributed by atoms with Gasteiger partial charge in [0.1, 0.15) is 12.4 Å². The molecule has 0 fully saturated rings. The lowest BCUT2D eigenvalue weighted by molar-refractivity contribution is -0.120. The van der Waals surface area contributed by atoms with Gasteiger partial charge in [-0.25, -0.2) is 0 Å². The number of rotatable bonds is 8. The van der Waals surface area contributed by atoms with Crippen molar-refractivity contribution < 1.29 is 14.4 Å². The fourth-order valence-corrected chi connectivity index (χ4v) is 2.53. The Morgan fingerprint density at radius 2 is 1.68 bits per heavy atom. The van der Waals surface area contributed by atoms with E-state index in [9.17, 15) is 4.79 Å². The molecule has 0 spiro atoms. The molecule has 3 aromatic carbocycles. The molecule has 0 bridgehead atoms. The average molecular weight is 395 g/mol. The number of para-hydroxylation sites is 1. The second-order valence-electron chi connectivity index (χ2n) is 5.87. The normalized spacial score (nSPS) is 10.6. The van der Waals surface area contributed by atoms with Crippen LogP contribution in [-0.4, -0.2) is 18.7 Å². The van der Waals surface area contributed by atoms with E-state index in [1.165, 1.54) is 6.21 Å². The van der Waals surface area contributed by atoms with Crippen molar-refractivity contribution in [2.45, 2.75) is 6.61 Å². The number of carbonyl (C=O) groups excluding carboxylic acids is 1. The molecule has 0 aliphatic carbocycles. The van der Waals surface area contributed by atoms with Crippen LogP contribution in [0.1, 0.15) is 11.1 Å². The van der Waals surface area contributed by atoms with Crippen molar-refractivity contribution in [2.24, 2.45) is 5.16 Å². The largest absolute Gasteiger partial charge is 0.489 e. The van der Waals surface area contributed by atoms with Crippen molar-refractivity contribution in [1.29, 1.82) is 0 Å². The van der Waals surface area contributed by atoms with Gasteiger partial charge in [0, 0.05) is 16.3 Å². The second kappa shape index (κ2) is 10.1. The van der Waals surface area contributed by atoms with Gasteiger partial charge in [-0.1, -0.05) is 53.2 Å². The van der Waals surface area contributed by atoms with Crippen molar-refractivity contribution in [3.63, 3.8) is 0 Å². The number of amides is 1. The Morgan fingerprint density at radius 3 is 2.43 bits per heavy atom. The second-order valence-corrected chi connectivity index (χ2v) is 6.28. The molecule has 0 aromatic heterocycles. The predicted molar refractivity (Wildman–Crippen MR) is 111 cm³/mol. The molecular formula is C22H19ClN2O3. The van der Waals surface area contributed by atoms with Crippen molar-refractivity contribution >= 4 is 29.4 Å². The van der Waals surface area contributed by atoms with Crippen LogP contribution < -0.4 is 10.1 Å². The lowest BCUT2D eigenvalue weighted by atomic mass is 10.2. The highest BCUT2D eigenvalue weighted by Gasteiger charge is 2.02. The Hall–Kier alpha value is -3.31. The molecule has 142 valence electrons. The van der Waals surface area contributed by atoms with E-state index >= 15 is 0 Å². The molecule has 0 saturated heterocycles. The number of anilines is 1. The number of nitrogens with zero attached hydrogens (tertiary/aromatic N) is 1. The minimum atomic E-state index is -0.272. The lowest BCUT2D eigenvalue weighted by Crippen LogP contribution is -2.16. The summed E-state index contributed by atoms with van der Waals surface area (Å²) in [5, 5.41) is 7.21. The quantitative estimate of drug-likeness (QED) is 0.436. The van der Waals surface area contributed by atoms with Gasteiger partial charge in [0.15, 0.2) is 6.61 Å². The fourth-order valence-electron chi connectivity index (χ4n) is 2.34. The monoisotopic (exact) mass is 394 g/mol. The minimum absolute atomic E-state index is 0.162. The summed E-state index contributed by atoms with van der Waals surface area (Å²) in [7, 11) is 0. The maximum Gasteiger partial charge on any atom is 0.265 e. The van der Waals surface area contributed by atoms with E-state index in [1.807, 2.05) is 66.7 Å². The van der Waals surface area contributed by atoms with Crippen LogP contribution >= 0.6 is 11.6 Å². The van der Waals surface area contributed by atoms with Gasteiger partial charge in [0.25, 0.3) is 5.91 Å². The molecule has 0 radical (unpaired) electrons. The van der Waals surface area contributed by atoms with Gasteiger partial charge < -0.3 is 14.9 Å².